The van der Waals surface area contributed by atoms with Crippen LogP contribution in [0.4, 0.5) is 0 Å². The maximum absolute atomic E-state index is 12.2. The van der Waals surface area contributed by atoms with E-state index in [9.17, 15) is 4.79 Å². The molecule has 1 aliphatic carbocycles. The molecule has 1 aliphatic heterocycles. The van der Waals surface area contributed by atoms with E-state index in [2.05, 4.69) is 46.0 Å². The van der Waals surface area contributed by atoms with E-state index in [1.165, 1.54) is 42.4 Å². The summed E-state index contributed by atoms with van der Waals surface area (Å²) in [6, 6.07) is 7.05. The molecule has 108 valence electrons. The number of carbonyl (C=O) groups excluding carboxylic acids is 1. The fourth-order valence-corrected chi connectivity index (χ4v) is 3.91. The molecule has 20 heavy (non-hydrogen) atoms. The molecule has 2 atom stereocenters. The molecule has 1 heterocycles. The molecule has 2 unspecified atom stereocenters. The number of likely N-dealkylation sites (tertiary alicyclic amines) is 1. The Labute approximate surface area is 129 Å². The van der Waals surface area contributed by atoms with Crippen molar-refractivity contribution in [3.63, 3.8) is 0 Å². The smallest absolute Gasteiger partial charge is 0.223 e. The van der Waals surface area contributed by atoms with Gasteiger partial charge in [0.1, 0.15) is 0 Å². The number of aryl methyl sites for hydroxylation is 2. The van der Waals surface area contributed by atoms with Crippen molar-refractivity contribution in [3.8, 4) is 0 Å². The second-order valence-corrected chi connectivity index (χ2v) is 6.83. The second-order valence-electron chi connectivity index (χ2n) is 6.18. The van der Waals surface area contributed by atoms with Gasteiger partial charge < -0.3 is 4.90 Å². The fraction of sp³-hybridized carbons (Fsp3) is 0.588. The highest BCUT2D eigenvalue weighted by atomic mass is 79.9. The predicted molar refractivity (Wildman–Crippen MR) is 85.1 cm³/mol. The van der Waals surface area contributed by atoms with E-state index in [-0.39, 0.29) is 6.04 Å². The molecular weight excluding hydrogens is 314 g/mol. The van der Waals surface area contributed by atoms with Crippen molar-refractivity contribution in [2.24, 2.45) is 5.92 Å². The van der Waals surface area contributed by atoms with E-state index in [1.807, 2.05) is 0 Å². The summed E-state index contributed by atoms with van der Waals surface area (Å²) in [5.41, 5.74) is 4.32. The van der Waals surface area contributed by atoms with Crippen molar-refractivity contribution < 1.29 is 4.79 Å². The number of amides is 1. The minimum Gasteiger partial charge on any atom is -0.336 e. The van der Waals surface area contributed by atoms with E-state index in [1.54, 1.807) is 0 Å². The van der Waals surface area contributed by atoms with Crippen molar-refractivity contribution >= 4 is 21.8 Å². The highest BCUT2D eigenvalue weighted by Gasteiger charge is 2.32. The van der Waals surface area contributed by atoms with Gasteiger partial charge in [-0.15, -0.1) is 0 Å². The third-order valence-corrected chi connectivity index (χ3v) is 5.69. The quantitative estimate of drug-likeness (QED) is 0.768. The minimum atomic E-state index is 0.207. The summed E-state index contributed by atoms with van der Waals surface area (Å²) in [6.07, 6.45) is 5.74. The first-order valence-electron chi connectivity index (χ1n) is 7.66. The molecule has 3 rings (SSSR count). The maximum Gasteiger partial charge on any atom is 0.223 e. The summed E-state index contributed by atoms with van der Waals surface area (Å²) in [7, 11) is 0. The zero-order valence-electron chi connectivity index (χ0n) is 12.1. The van der Waals surface area contributed by atoms with Gasteiger partial charge in [-0.2, -0.15) is 0 Å². The molecular formula is C17H22BrNO. The molecule has 0 spiro atoms. The Morgan fingerprint density at radius 2 is 2.05 bits per heavy atom. The zero-order valence-corrected chi connectivity index (χ0v) is 13.7. The third-order valence-electron chi connectivity index (χ3n) is 4.78. The SMILES string of the molecule is CC(c1ccc2c(c1)CCCC2)N1CC(CBr)CC1=O. The Bertz CT molecular complexity index is 514. The number of hydrogen-bond donors (Lipinski definition) is 0. The molecule has 2 nitrogen and oxygen atoms in total. The first-order chi connectivity index (χ1) is 9.69. The van der Waals surface area contributed by atoms with Crippen molar-refractivity contribution in [2.75, 3.05) is 11.9 Å². The molecule has 1 aromatic rings. The fourth-order valence-electron chi connectivity index (χ4n) is 3.48. The van der Waals surface area contributed by atoms with Gasteiger partial charge in [-0.05, 0) is 55.2 Å². The zero-order chi connectivity index (χ0) is 14.1. The number of rotatable bonds is 3. The standard InChI is InChI=1S/C17H22BrNO/c1-12(19-11-13(10-18)8-17(19)20)15-7-6-14-4-2-3-5-16(14)9-15/h6-7,9,12-13H,2-5,8,10-11H2,1H3. The van der Waals surface area contributed by atoms with Crippen molar-refractivity contribution in [3.05, 3.63) is 34.9 Å². The number of fused-ring (bicyclic) bond motifs is 1. The lowest BCUT2D eigenvalue weighted by molar-refractivity contribution is -0.129. The van der Waals surface area contributed by atoms with E-state index in [0.29, 0.717) is 18.2 Å². The van der Waals surface area contributed by atoms with Crippen LogP contribution in [0.15, 0.2) is 18.2 Å². The summed E-state index contributed by atoms with van der Waals surface area (Å²) < 4.78 is 0. The van der Waals surface area contributed by atoms with Crippen LogP contribution in [-0.4, -0.2) is 22.7 Å². The number of hydrogen-bond acceptors (Lipinski definition) is 1. The van der Waals surface area contributed by atoms with Crippen LogP contribution in [0.1, 0.15) is 48.9 Å². The molecule has 2 aliphatic rings. The molecule has 0 aromatic heterocycles. The lowest BCUT2D eigenvalue weighted by atomic mass is 9.89. The van der Waals surface area contributed by atoms with Crippen LogP contribution in [0.3, 0.4) is 0 Å². The Kier molecular flexibility index (Phi) is 4.16. The lowest BCUT2D eigenvalue weighted by Crippen LogP contribution is -2.28. The monoisotopic (exact) mass is 335 g/mol. The molecule has 0 N–H and O–H groups in total. The van der Waals surface area contributed by atoms with Crippen LogP contribution in [0.5, 0.6) is 0 Å². The van der Waals surface area contributed by atoms with Crippen LogP contribution >= 0.6 is 15.9 Å². The normalized spacial score (nSPS) is 23.8. The van der Waals surface area contributed by atoms with Crippen molar-refractivity contribution in [1.82, 2.24) is 4.90 Å². The first kappa shape index (κ1) is 14.1. The average Bonchev–Trinajstić information content (AvgIpc) is 2.87. The van der Waals surface area contributed by atoms with Gasteiger partial charge in [-0.3, -0.25) is 4.79 Å². The average molecular weight is 336 g/mol. The molecule has 0 radical (unpaired) electrons. The van der Waals surface area contributed by atoms with E-state index < -0.39 is 0 Å². The first-order valence-corrected chi connectivity index (χ1v) is 8.78. The Morgan fingerprint density at radius 3 is 2.75 bits per heavy atom. The summed E-state index contributed by atoms with van der Waals surface area (Å²) in [6.45, 7) is 3.06. The highest BCUT2D eigenvalue weighted by molar-refractivity contribution is 9.09. The Hall–Kier alpha value is -0.830. The molecule has 1 aromatic carbocycles. The molecule has 1 fully saturated rings. The number of nitrogens with zero attached hydrogens (tertiary/aromatic N) is 1. The lowest BCUT2D eigenvalue weighted by Gasteiger charge is -2.27. The van der Waals surface area contributed by atoms with Crippen molar-refractivity contribution in [2.45, 2.75) is 45.1 Å². The van der Waals surface area contributed by atoms with E-state index in [4.69, 9.17) is 0 Å². The Morgan fingerprint density at radius 1 is 1.30 bits per heavy atom. The summed E-state index contributed by atoms with van der Waals surface area (Å²) in [4.78, 5) is 14.2. The van der Waals surface area contributed by atoms with Crippen LogP contribution < -0.4 is 0 Å². The predicted octanol–water partition coefficient (Wildman–Crippen LogP) is 3.87. The van der Waals surface area contributed by atoms with E-state index >= 15 is 0 Å². The molecule has 1 amide bonds. The van der Waals surface area contributed by atoms with E-state index in [0.717, 1.165) is 11.9 Å². The van der Waals surface area contributed by atoms with Gasteiger partial charge in [0.15, 0.2) is 0 Å². The highest BCUT2D eigenvalue weighted by Crippen LogP contribution is 2.31. The number of alkyl halides is 1. The van der Waals surface area contributed by atoms with Gasteiger partial charge in [0.2, 0.25) is 5.91 Å². The second kappa shape index (κ2) is 5.88. The van der Waals surface area contributed by atoms with Crippen LogP contribution in [0, 0.1) is 5.92 Å². The molecule has 3 heteroatoms. The molecule has 0 saturated carbocycles. The van der Waals surface area contributed by atoms with Crippen molar-refractivity contribution in [1.29, 1.82) is 0 Å². The number of benzene rings is 1. The summed E-state index contributed by atoms with van der Waals surface area (Å²) in [5.74, 6) is 0.780. The largest absolute Gasteiger partial charge is 0.336 e. The summed E-state index contributed by atoms with van der Waals surface area (Å²) >= 11 is 3.51. The van der Waals surface area contributed by atoms with Gasteiger partial charge in [-0.1, -0.05) is 34.1 Å². The van der Waals surface area contributed by atoms with Gasteiger partial charge in [0.25, 0.3) is 0 Å². The van der Waals surface area contributed by atoms with Gasteiger partial charge in [0.05, 0.1) is 6.04 Å². The maximum atomic E-state index is 12.2. The minimum absolute atomic E-state index is 0.207. The van der Waals surface area contributed by atoms with Gasteiger partial charge in [-0.25, -0.2) is 0 Å². The van der Waals surface area contributed by atoms with Gasteiger partial charge in [0, 0.05) is 18.3 Å². The van der Waals surface area contributed by atoms with Crippen LogP contribution in [-0.2, 0) is 17.6 Å². The molecule has 0 bridgehead atoms. The number of halogens is 1. The van der Waals surface area contributed by atoms with Crippen LogP contribution in [0.25, 0.3) is 0 Å². The Balaban J connectivity index is 1.80. The number of carbonyl (C=O) groups is 1. The van der Waals surface area contributed by atoms with Gasteiger partial charge >= 0.3 is 0 Å². The summed E-state index contributed by atoms with van der Waals surface area (Å²) in [5, 5.41) is 0.923. The molecule has 1 saturated heterocycles. The topological polar surface area (TPSA) is 20.3 Å². The van der Waals surface area contributed by atoms with Crippen LogP contribution in [0.2, 0.25) is 0 Å². The third kappa shape index (κ3) is 2.65.